The van der Waals surface area contributed by atoms with E-state index >= 15 is 0 Å². The van der Waals surface area contributed by atoms with Gasteiger partial charge in [-0.25, -0.2) is 9.50 Å². The Labute approximate surface area is 208 Å². The van der Waals surface area contributed by atoms with Crippen LogP contribution >= 0.6 is 0 Å². The van der Waals surface area contributed by atoms with Crippen molar-refractivity contribution in [2.75, 3.05) is 36.0 Å². The largest absolute Gasteiger partial charge is 0.366 e. The molecular weight excluding hydrogens is 454 g/mol. The number of pyridine rings is 2. The molecule has 182 valence electrons. The van der Waals surface area contributed by atoms with Gasteiger partial charge in [-0.1, -0.05) is 6.58 Å². The van der Waals surface area contributed by atoms with E-state index in [1.807, 2.05) is 35.4 Å². The number of amides is 1. The first kappa shape index (κ1) is 23.1. The molecule has 0 aliphatic carbocycles. The van der Waals surface area contributed by atoms with E-state index in [4.69, 9.17) is 5.73 Å². The zero-order valence-electron chi connectivity index (χ0n) is 20.3. The first-order valence-corrected chi connectivity index (χ1v) is 11.8. The number of nitrogens with two attached hydrogens (primary N) is 1. The second-order valence-electron chi connectivity index (χ2n) is 9.10. The lowest BCUT2D eigenvalue weighted by Crippen LogP contribution is -2.47. The second-order valence-corrected chi connectivity index (χ2v) is 9.10. The lowest BCUT2D eigenvalue weighted by molar-refractivity contribution is -0.112. The molecule has 1 saturated heterocycles. The predicted molar refractivity (Wildman–Crippen MR) is 138 cm³/mol. The number of nitrogens with zero attached hydrogens (tertiary/aromatic N) is 8. The molecule has 0 unspecified atom stereocenters. The standard InChI is InChI=1S/C26H27N9O/c1-17(2)34-16-22(14-30-34)20-10-23(25-21(11-27)13-31-35(25)15-20)32-6-8-33(9-7-32)24-5-4-19(12-29-24)18(3)26(28)36/h4-5,10,12-17H,3,6-9H2,1-2H3,(H2,28,36). The molecule has 4 aromatic heterocycles. The highest BCUT2D eigenvalue weighted by atomic mass is 16.1. The Morgan fingerprint density at radius 1 is 1.06 bits per heavy atom. The molecule has 1 fully saturated rings. The minimum Gasteiger partial charge on any atom is -0.366 e. The number of piperazine rings is 1. The van der Waals surface area contributed by atoms with Crippen LogP contribution in [0.5, 0.6) is 0 Å². The number of nitriles is 1. The molecule has 1 aliphatic heterocycles. The molecule has 1 amide bonds. The van der Waals surface area contributed by atoms with Crippen molar-refractivity contribution in [2.45, 2.75) is 19.9 Å². The fourth-order valence-corrected chi connectivity index (χ4v) is 4.42. The van der Waals surface area contributed by atoms with Crippen LogP contribution in [-0.4, -0.2) is 56.5 Å². The van der Waals surface area contributed by atoms with E-state index in [1.165, 1.54) is 0 Å². The molecule has 36 heavy (non-hydrogen) atoms. The lowest BCUT2D eigenvalue weighted by atomic mass is 10.1. The van der Waals surface area contributed by atoms with Crippen LogP contribution in [0.25, 0.3) is 22.2 Å². The van der Waals surface area contributed by atoms with Crippen molar-refractivity contribution in [3.05, 3.63) is 66.9 Å². The second kappa shape index (κ2) is 9.19. The molecule has 4 aromatic rings. The first-order valence-electron chi connectivity index (χ1n) is 11.8. The first-order chi connectivity index (χ1) is 17.4. The maximum atomic E-state index is 11.4. The minimum absolute atomic E-state index is 0.246. The number of hydrogen-bond acceptors (Lipinski definition) is 7. The van der Waals surface area contributed by atoms with Gasteiger partial charge in [-0.05, 0) is 32.0 Å². The van der Waals surface area contributed by atoms with Gasteiger partial charge in [0.15, 0.2) is 0 Å². The fourth-order valence-electron chi connectivity index (χ4n) is 4.42. The fraction of sp³-hybridized carbons (Fsp3) is 0.269. The molecule has 0 aromatic carbocycles. The van der Waals surface area contributed by atoms with Crippen molar-refractivity contribution in [2.24, 2.45) is 5.73 Å². The van der Waals surface area contributed by atoms with Gasteiger partial charge in [0.2, 0.25) is 5.91 Å². The zero-order chi connectivity index (χ0) is 25.4. The van der Waals surface area contributed by atoms with Crippen LogP contribution in [-0.2, 0) is 4.79 Å². The Morgan fingerprint density at radius 3 is 2.42 bits per heavy atom. The normalized spacial score (nSPS) is 13.8. The van der Waals surface area contributed by atoms with E-state index in [-0.39, 0.29) is 11.6 Å². The van der Waals surface area contributed by atoms with Crippen molar-refractivity contribution in [3.8, 4) is 17.2 Å². The summed E-state index contributed by atoms with van der Waals surface area (Å²) in [6.07, 6.45) is 9.08. The molecule has 5 heterocycles. The lowest BCUT2D eigenvalue weighted by Gasteiger charge is -2.37. The molecule has 0 saturated carbocycles. The van der Waals surface area contributed by atoms with Crippen LogP contribution in [0.2, 0.25) is 0 Å². The summed E-state index contributed by atoms with van der Waals surface area (Å²) in [6.45, 7) is 10.9. The topological polar surface area (TPSA) is 121 Å². The molecule has 0 spiro atoms. The highest BCUT2D eigenvalue weighted by Crippen LogP contribution is 2.32. The molecule has 0 bridgehead atoms. The summed E-state index contributed by atoms with van der Waals surface area (Å²) in [5.74, 6) is 0.276. The molecule has 10 heteroatoms. The summed E-state index contributed by atoms with van der Waals surface area (Å²) in [6, 6.07) is 8.37. The number of fused-ring (bicyclic) bond motifs is 1. The van der Waals surface area contributed by atoms with Crippen molar-refractivity contribution >= 4 is 28.5 Å². The van der Waals surface area contributed by atoms with Gasteiger partial charge in [-0.15, -0.1) is 0 Å². The maximum absolute atomic E-state index is 11.4. The third-order valence-electron chi connectivity index (χ3n) is 6.51. The highest BCUT2D eigenvalue weighted by Gasteiger charge is 2.23. The van der Waals surface area contributed by atoms with Crippen LogP contribution in [0.3, 0.4) is 0 Å². The SMILES string of the molecule is C=C(C(N)=O)c1ccc(N2CCN(c3cc(-c4cnn(C(C)C)c4)cn4ncc(C#N)c34)CC2)nc1. The number of rotatable bonds is 6. The Morgan fingerprint density at radius 2 is 1.81 bits per heavy atom. The summed E-state index contributed by atoms with van der Waals surface area (Å²) < 4.78 is 3.72. The zero-order valence-corrected chi connectivity index (χ0v) is 20.3. The van der Waals surface area contributed by atoms with E-state index in [0.717, 1.165) is 54.3 Å². The Kier molecular flexibility index (Phi) is 5.90. The third-order valence-corrected chi connectivity index (χ3v) is 6.51. The van der Waals surface area contributed by atoms with Gasteiger partial charge >= 0.3 is 0 Å². The van der Waals surface area contributed by atoms with Crippen LogP contribution in [0, 0.1) is 11.3 Å². The molecule has 2 N–H and O–H groups in total. The Balaban J connectivity index is 1.41. The summed E-state index contributed by atoms with van der Waals surface area (Å²) in [4.78, 5) is 20.4. The summed E-state index contributed by atoms with van der Waals surface area (Å²) in [5, 5.41) is 18.6. The smallest absolute Gasteiger partial charge is 0.248 e. The molecule has 5 rings (SSSR count). The molecule has 1 aliphatic rings. The Bertz CT molecular complexity index is 1480. The quantitative estimate of drug-likeness (QED) is 0.420. The van der Waals surface area contributed by atoms with E-state index in [1.54, 1.807) is 16.9 Å². The number of hydrogen-bond donors (Lipinski definition) is 1. The van der Waals surface area contributed by atoms with Gasteiger partial charge in [0.25, 0.3) is 0 Å². The van der Waals surface area contributed by atoms with Crippen molar-refractivity contribution in [3.63, 3.8) is 0 Å². The van der Waals surface area contributed by atoms with Crippen molar-refractivity contribution < 1.29 is 4.79 Å². The molecule has 0 radical (unpaired) electrons. The van der Waals surface area contributed by atoms with Crippen LogP contribution in [0.15, 0.2) is 55.8 Å². The van der Waals surface area contributed by atoms with Crippen LogP contribution in [0.1, 0.15) is 31.0 Å². The van der Waals surface area contributed by atoms with Gasteiger partial charge in [-0.2, -0.15) is 15.5 Å². The summed E-state index contributed by atoms with van der Waals surface area (Å²) in [5.41, 5.74) is 10.5. The van der Waals surface area contributed by atoms with Gasteiger partial charge < -0.3 is 15.5 Å². The minimum atomic E-state index is -0.556. The van der Waals surface area contributed by atoms with Crippen molar-refractivity contribution in [1.29, 1.82) is 5.26 Å². The van der Waals surface area contributed by atoms with Gasteiger partial charge in [0.05, 0.1) is 23.6 Å². The van der Waals surface area contributed by atoms with E-state index in [2.05, 4.69) is 57.5 Å². The Hall–Kier alpha value is -4.65. The average Bonchev–Trinajstić information content (AvgIpc) is 3.55. The molecular formula is C26H27N9O. The van der Waals surface area contributed by atoms with Gasteiger partial charge in [0.1, 0.15) is 17.4 Å². The summed E-state index contributed by atoms with van der Waals surface area (Å²) >= 11 is 0. The monoisotopic (exact) mass is 481 g/mol. The van der Waals surface area contributed by atoms with Gasteiger partial charge in [-0.3, -0.25) is 9.48 Å². The predicted octanol–water partition coefficient (Wildman–Crippen LogP) is 2.87. The number of aromatic nitrogens is 5. The van der Waals surface area contributed by atoms with Crippen molar-refractivity contribution in [1.82, 2.24) is 24.4 Å². The number of anilines is 2. The van der Waals surface area contributed by atoms with Crippen LogP contribution < -0.4 is 15.5 Å². The number of carbonyl (C=O) groups excluding carboxylic acids is 1. The van der Waals surface area contributed by atoms with Gasteiger partial charge in [0, 0.05) is 73.1 Å². The average molecular weight is 482 g/mol. The highest BCUT2D eigenvalue weighted by molar-refractivity contribution is 6.17. The van der Waals surface area contributed by atoms with E-state index in [0.29, 0.717) is 11.1 Å². The summed E-state index contributed by atoms with van der Waals surface area (Å²) in [7, 11) is 0. The molecule has 0 atom stereocenters. The number of carbonyl (C=O) groups is 1. The van der Waals surface area contributed by atoms with Crippen LogP contribution in [0.4, 0.5) is 11.5 Å². The molecule has 10 nitrogen and oxygen atoms in total. The maximum Gasteiger partial charge on any atom is 0.248 e. The van der Waals surface area contributed by atoms with E-state index < -0.39 is 5.91 Å². The van der Waals surface area contributed by atoms with E-state index in [9.17, 15) is 10.1 Å². The number of primary amides is 1. The third kappa shape index (κ3) is 4.15.